The molecule has 1 spiro atoms. The maximum atomic E-state index is 13.9. The number of nitrogens with one attached hydrogen (secondary N) is 1. The van der Waals surface area contributed by atoms with Crippen molar-refractivity contribution < 1.29 is 18.7 Å². The van der Waals surface area contributed by atoms with Gasteiger partial charge in [-0.3, -0.25) is 19.6 Å². The first kappa shape index (κ1) is 29.6. The van der Waals surface area contributed by atoms with Crippen LogP contribution in [0.2, 0.25) is 0 Å². The average Bonchev–Trinajstić information content (AvgIpc) is 3.88. The number of ether oxygens (including phenoxy) is 1. The first-order chi connectivity index (χ1) is 22.9. The second-order valence-electron chi connectivity index (χ2n) is 13.0. The van der Waals surface area contributed by atoms with E-state index in [1.807, 2.05) is 46.2 Å². The molecule has 4 aromatic rings. The Morgan fingerprint density at radius 3 is 2.55 bits per heavy atom. The summed E-state index contributed by atoms with van der Waals surface area (Å²) in [6.07, 6.45) is 7.34. The third-order valence-electron chi connectivity index (χ3n) is 10.2. The summed E-state index contributed by atoms with van der Waals surface area (Å²) in [4.78, 5) is 44.9. The highest BCUT2D eigenvalue weighted by molar-refractivity contribution is 6.02. The molecule has 0 unspecified atom stereocenters. The van der Waals surface area contributed by atoms with Crippen molar-refractivity contribution in [2.75, 3.05) is 57.4 Å². The van der Waals surface area contributed by atoms with Crippen LogP contribution in [0.1, 0.15) is 36.9 Å². The molecule has 0 radical (unpaired) electrons. The Kier molecular flexibility index (Phi) is 7.41. The number of hydrogen-bond acceptors (Lipinski definition) is 8. The summed E-state index contributed by atoms with van der Waals surface area (Å²) < 4.78 is 11.8. The van der Waals surface area contributed by atoms with Crippen molar-refractivity contribution in [1.29, 1.82) is 0 Å². The van der Waals surface area contributed by atoms with Crippen molar-refractivity contribution >= 4 is 39.6 Å². The van der Waals surface area contributed by atoms with Gasteiger partial charge in [-0.1, -0.05) is 24.3 Å². The molecule has 4 aliphatic rings. The highest BCUT2D eigenvalue weighted by Crippen LogP contribution is 2.43. The maximum Gasteiger partial charge on any atom is 0.437 e. The number of hydrogen-bond donors (Lipinski definition) is 1. The fourth-order valence-corrected chi connectivity index (χ4v) is 7.43. The minimum absolute atomic E-state index is 0.0977. The predicted octanol–water partition coefficient (Wildman–Crippen LogP) is 3.47. The molecule has 2 amide bonds. The van der Waals surface area contributed by atoms with Gasteiger partial charge in [0.15, 0.2) is 0 Å². The molecular weight excluding hydrogens is 598 g/mol. The van der Waals surface area contributed by atoms with Gasteiger partial charge < -0.3 is 19.0 Å². The summed E-state index contributed by atoms with van der Waals surface area (Å²) in [5, 5.41) is 12.9. The van der Waals surface area contributed by atoms with Crippen LogP contribution >= 0.6 is 0 Å². The molecule has 12 nitrogen and oxygen atoms in total. The summed E-state index contributed by atoms with van der Waals surface area (Å²) >= 11 is 0. The first-order valence-electron chi connectivity index (χ1n) is 16.3. The highest BCUT2D eigenvalue weighted by atomic mass is 16.5. The minimum atomic E-state index is -0.494. The van der Waals surface area contributed by atoms with Gasteiger partial charge in [-0.2, -0.15) is 9.78 Å². The van der Waals surface area contributed by atoms with Crippen LogP contribution in [0.5, 0.6) is 0 Å². The van der Waals surface area contributed by atoms with Gasteiger partial charge in [0.2, 0.25) is 17.7 Å². The molecule has 0 saturated carbocycles. The molecule has 47 heavy (non-hydrogen) atoms. The van der Waals surface area contributed by atoms with Gasteiger partial charge in [0.1, 0.15) is 0 Å². The van der Waals surface area contributed by atoms with E-state index < -0.39 is 11.2 Å². The number of H-pyrrole nitrogens is 1. The number of carbonyl (C=O) groups is 2. The second kappa shape index (κ2) is 11.8. The molecule has 2 saturated heterocycles. The van der Waals surface area contributed by atoms with Crippen molar-refractivity contribution in [2.45, 2.75) is 25.7 Å². The van der Waals surface area contributed by atoms with E-state index in [4.69, 9.17) is 9.15 Å². The fraction of sp³-hybridized carbons (Fsp3) is 0.400. The third-order valence-corrected chi connectivity index (χ3v) is 10.2. The number of anilines is 1. The van der Waals surface area contributed by atoms with E-state index >= 15 is 0 Å². The van der Waals surface area contributed by atoms with Crippen molar-refractivity contribution in [1.82, 2.24) is 29.8 Å². The Morgan fingerprint density at radius 1 is 0.979 bits per heavy atom. The zero-order chi connectivity index (χ0) is 32.1. The Bertz CT molecular complexity index is 1990. The zero-order valence-electron chi connectivity index (χ0n) is 26.4. The smallest absolute Gasteiger partial charge is 0.388 e. The van der Waals surface area contributed by atoms with Crippen molar-refractivity contribution in [3.63, 3.8) is 0 Å². The average molecular weight is 636 g/mol. The van der Waals surface area contributed by atoms with Crippen LogP contribution in [-0.4, -0.2) is 94.1 Å². The topological polar surface area (TPSA) is 130 Å². The molecular formula is C35H37N7O5. The lowest BCUT2D eigenvalue weighted by Gasteiger charge is -2.29. The quantitative estimate of drug-likeness (QED) is 0.341. The van der Waals surface area contributed by atoms with Gasteiger partial charge in [-0.15, -0.1) is 5.10 Å². The van der Waals surface area contributed by atoms with Crippen LogP contribution in [-0.2, 0) is 21.4 Å². The maximum absolute atomic E-state index is 13.9. The molecule has 0 aliphatic carbocycles. The van der Waals surface area contributed by atoms with E-state index in [9.17, 15) is 14.4 Å². The Hall–Kier alpha value is -4.81. The van der Waals surface area contributed by atoms with Crippen molar-refractivity contribution in [3.8, 4) is 11.5 Å². The van der Waals surface area contributed by atoms with Crippen molar-refractivity contribution in [2.24, 2.45) is 12.5 Å². The van der Waals surface area contributed by atoms with E-state index in [1.54, 1.807) is 7.05 Å². The van der Waals surface area contributed by atoms with Crippen LogP contribution < -0.4 is 10.7 Å². The molecule has 4 aliphatic heterocycles. The molecule has 8 rings (SSSR count). The second-order valence-corrected chi connectivity index (χ2v) is 13.0. The molecule has 242 valence electrons. The van der Waals surface area contributed by atoms with Crippen LogP contribution in [0.15, 0.2) is 63.8 Å². The van der Waals surface area contributed by atoms with E-state index in [0.717, 1.165) is 65.6 Å². The number of aryl methyl sites for hydroxylation is 1. The SMILES string of the molecule is Cn1nc(-c2ccc(C3=CCN(C(=O)CN4CC[C@]5(CCN(c6ccc7[nH]nc(C8=CCOCC8)c7c6)C5=O)C4)CC3)cc2)oc1=O. The molecule has 2 aromatic heterocycles. The number of benzene rings is 2. The number of carbonyl (C=O) groups excluding carboxylic acids is 2. The molecule has 2 fully saturated rings. The molecule has 1 N–H and O–H groups in total. The predicted molar refractivity (Wildman–Crippen MR) is 176 cm³/mol. The van der Waals surface area contributed by atoms with E-state index in [0.29, 0.717) is 51.8 Å². The van der Waals surface area contributed by atoms with Gasteiger partial charge in [0.05, 0.1) is 36.4 Å². The molecule has 6 heterocycles. The van der Waals surface area contributed by atoms with Gasteiger partial charge >= 0.3 is 5.76 Å². The summed E-state index contributed by atoms with van der Waals surface area (Å²) in [6, 6.07) is 13.9. The van der Waals surface area contributed by atoms with Crippen molar-refractivity contribution in [3.05, 3.63) is 76.4 Å². The lowest BCUT2D eigenvalue weighted by atomic mass is 9.85. The van der Waals surface area contributed by atoms with Gasteiger partial charge in [0.25, 0.3) is 0 Å². The summed E-state index contributed by atoms with van der Waals surface area (Å²) in [6.45, 7) is 4.83. The Balaban J connectivity index is 0.886. The first-order valence-corrected chi connectivity index (χ1v) is 16.3. The fourth-order valence-electron chi connectivity index (χ4n) is 7.43. The Labute approximate surface area is 271 Å². The molecule has 12 heteroatoms. The van der Waals surface area contributed by atoms with Gasteiger partial charge in [0, 0.05) is 49.9 Å². The lowest BCUT2D eigenvalue weighted by molar-refractivity contribution is -0.132. The number of amides is 2. The molecule has 0 bridgehead atoms. The molecule has 1 atom stereocenters. The number of likely N-dealkylation sites (tertiary alicyclic amines) is 1. The van der Waals surface area contributed by atoms with E-state index in [2.05, 4.69) is 38.4 Å². The largest absolute Gasteiger partial charge is 0.437 e. The summed E-state index contributed by atoms with van der Waals surface area (Å²) in [5.41, 5.74) is 6.52. The number of rotatable bonds is 6. The normalized spacial score (nSPS) is 22.0. The van der Waals surface area contributed by atoms with Crippen LogP contribution in [0, 0.1) is 5.41 Å². The highest BCUT2D eigenvalue weighted by Gasteiger charge is 2.51. The lowest BCUT2D eigenvalue weighted by Crippen LogP contribution is -2.43. The number of fused-ring (bicyclic) bond motifs is 1. The van der Waals surface area contributed by atoms with Gasteiger partial charge in [-0.25, -0.2) is 4.79 Å². The van der Waals surface area contributed by atoms with Crippen LogP contribution in [0.25, 0.3) is 33.5 Å². The van der Waals surface area contributed by atoms with Gasteiger partial charge in [-0.05, 0) is 79.3 Å². The number of aromatic amines is 1. The zero-order valence-corrected chi connectivity index (χ0v) is 26.4. The summed E-state index contributed by atoms with van der Waals surface area (Å²) in [5.74, 6) is 0.0542. The standard InChI is InChI=1S/C35H37N7O5/c1-39-34(45)47-32(38-39)26-4-2-23(3-5-26)24-8-14-41(15-9-24)30(43)21-40-16-12-35(22-40)13-17-42(33(35)44)27-6-7-29-28(20-27)31(37-36-29)25-10-18-46-19-11-25/h2-8,10,20H,9,11-19,21-22H2,1H3,(H,36,37)/t35-/m0/s1. The monoisotopic (exact) mass is 635 g/mol. The Morgan fingerprint density at radius 2 is 1.81 bits per heavy atom. The molecule has 2 aromatic carbocycles. The third kappa shape index (κ3) is 5.40. The van der Waals surface area contributed by atoms with Crippen LogP contribution in [0.3, 0.4) is 0 Å². The minimum Gasteiger partial charge on any atom is -0.388 e. The number of nitrogens with zero attached hydrogens (tertiary/aromatic N) is 6. The van der Waals surface area contributed by atoms with E-state index in [1.165, 1.54) is 15.8 Å². The number of aromatic nitrogens is 4. The summed E-state index contributed by atoms with van der Waals surface area (Å²) in [7, 11) is 1.55. The van der Waals surface area contributed by atoms with Crippen LogP contribution in [0.4, 0.5) is 5.69 Å². The van der Waals surface area contributed by atoms with E-state index in [-0.39, 0.29) is 11.8 Å².